The number of benzene rings is 1. The molecule has 0 radical (unpaired) electrons. The molecule has 2 saturated heterocycles. The van der Waals surface area contributed by atoms with Gasteiger partial charge in [0.1, 0.15) is 12.7 Å². The Morgan fingerprint density at radius 3 is 2.63 bits per heavy atom. The van der Waals surface area contributed by atoms with Gasteiger partial charge in [-0.25, -0.2) is 9.37 Å². The average molecular weight is 429 g/mol. The van der Waals surface area contributed by atoms with E-state index < -0.39 is 24.0 Å². The van der Waals surface area contributed by atoms with Gasteiger partial charge in [-0.2, -0.15) is 13.2 Å². The van der Waals surface area contributed by atoms with Crippen LogP contribution >= 0.6 is 0 Å². The van der Waals surface area contributed by atoms with Crippen LogP contribution in [0, 0.1) is 0 Å². The van der Waals surface area contributed by atoms with Crippen molar-refractivity contribution in [3.05, 3.63) is 23.8 Å². The van der Waals surface area contributed by atoms with Gasteiger partial charge in [0.25, 0.3) is 0 Å². The minimum Gasteiger partial charge on any atom is -0.378 e. The normalized spacial score (nSPS) is 23.2. The van der Waals surface area contributed by atoms with Gasteiger partial charge in [-0.05, 0) is 24.6 Å². The predicted octanol–water partition coefficient (Wildman–Crippen LogP) is 1.79. The number of ether oxygens (including phenoxy) is 1. The Kier molecular flexibility index (Phi) is 5.58. The molecule has 0 saturated carbocycles. The van der Waals surface area contributed by atoms with E-state index >= 15 is 0 Å². The number of amides is 1. The average Bonchev–Trinajstić information content (AvgIpc) is 3.07. The lowest BCUT2D eigenvalue weighted by molar-refractivity contribution is -0.137. The van der Waals surface area contributed by atoms with Crippen molar-refractivity contribution in [2.24, 2.45) is 5.73 Å². The first-order chi connectivity index (χ1) is 14.2. The molecular weight excluding hydrogens is 406 g/mol. The molecule has 2 aliphatic heterocycles. The molecule has 30 heavy (non-hydrogen) atoms. The summed E-state index contributed by atoms with van der Waals surface area (Å²) in [6.07, 6.45) is -5.46. The highest BCUT2D eigenvalue weighted by Gasteiger charge is 2.33. The predicted molar refractivity (Wildman–Crippen MR) is 102 cm³/mol. The maximum atomic E-state index is 13.8. The van der Waals surface area contributed by atoms with E-state index in [0.29, 0.717) is 44.3 Å². The minimum atomic E-state index is -4.50. The van der Waals surface area contributed by atoms with E-state index in [0.717, 1.165) is 12.1 Å². The Balaban J connectivity index is 1.71. The molecule has 4 rings (SSSR count). The van der Waals surface area contributed by atoms with Gasteiger partial charge in [0.2, 0.25) is 11.9 Å². The van der Waals surface area contributed by atoms with Crippen LogP contribution in [0.5, 0.6) is 0 Å². The number of fused-ring (bicyclic) bond motifs is 1. The van der Waals surface area contributed by atoms with Crippen molar-refractivity contribution in [3.8, 4) is 0 Å². The number of hydrogen-bond acceptors (Lipinski definition) is 5. The first-order valence-electron chi connectivity index (χ1n) is 9.81. The molecule has 2 fully saturated rings. The number of aromatic nitrogens is 2. The molecule has 7 nitrogen and oxygen atoms in total. The number of anilines is 1. The fraction of sp³-hybridized carbons (Fsp3) is 0.579. The van der Waals surface area contributed by atoms with Crippen LogP contribution in [0.2, 0.25) is 0 Å². The van der Waals surface area contributed by atoms with Crippen LogP contribution in [0.3, 0.4) is 0 Å². The van der Waals surface area contributed by atoms with E-state index in [1.54, 1.807) is 14.4 Å². The van der Waals surface area contributed by atoms with Crippen LogP contribution in [0.1, 0.15) is 12.0 Å². The lowest BCUT2D eigenvalue weighted by Crippen LogP contribution is -2.50. The number of rotatable bonds is 3. The third-order valence-corrected chi connectivity index (χ3v) is 5.57. The summed E-state index contributed by atoms with van der Waals surface area (Å²) < 4.78 is 60.1. The molecule has 2 aromatic rings. The monoisotopic (exact) mass is 429 g/mol. The Bertz CT molecular complexity index is 926. The minimum absolute atomic E-state index is 0.0814. The highest BCUT2D eigenvalue weighted by molar-refractivity contribution is 5.84. The van der Waals surface area contributed by atoms with Crippen molar-refractivity contribution in [3.63, 3.8) is 0 Å². The quantitative estimate of drug-likeness (QED) is 0.753. The van der Waals surface area contributed by atoms with E-state index in [1.807, 2.05) is 0 Å². The number of piperidine rings is 1. The second-order valence-electron chi connectivity index (χ2n) is 7.61. The summed E-state index contributed by atoms with van der Waals surface area (Å²) >= 11 is 0. The van der Waals surface area contributed by atoms with Crippen LogP contribution < -0.4 is 10.6 Å². The Labute approximate surface area is 170 Å². The smallest absolute Gasteiger partial charge is 0.378 e. The second kappa shape index (κ2) is 8.03. The summed E-state index contributed by atoms with van der Waals surface area (Å²) in [6, 6.07) is 2.54. The third kappa shape index (κ3) is 4.08. The molecule has 0 aliphatic carbocycles. The van der Waals surface area contributed by atoms with Crippen molar-refractivity contribution in [1.29, 1.82) is 0 Å². The maximum absolute atomic E-state index is 13.8. The molecule has 164 valence electrons. The summed E-state index contributed by atoms with van der Waals surface area (Å²) in [4.78, 5) is 20.6. The van der Waals surface area contributed by atoms with E-state index in [1.165, 1.54) is 6.07 Å². The van der Waals surface area contributed by atoms with Crippen molar-refractivity contribution in [1.82, 2.24) is 14.5 Å². The molecule has 2 atom stereocenters. The van der Waals surface area contributed by atoms with Crippen LogP contribution in [-0.2, 0) is 22.3 Å². The topological polar surface area (TPSA) is 76.6 Å². The zero-order valence-electron chi connectivity index (χ0n) is 16.2. The standard InChI is InChI=1S/C19H23F4N5O2/c20-13-3-4-27(10-14(13)24)18-25-15-9-12(19(21,22)23)1-2-16(15)28(18)11-17(29)26-5-7-30-8-6-26/h1-2,9,13-14H,3-8,10-11,24H2/t13-,14+/m0/s1. The summed E-state index contributed by atoms with van der Waals surface area (Å²) in [5, 5.41) is 0. The van der Waals surface area contributed by atoms with Crippen LogP contribution in [0.25, 0.3) is 11.0 Å². The van der Waals surface area contributed by atoms with Gasteiger partial charge in [0.05, 0.1) is 35.9 Å². The van der Waals surface area contributed by atoms with E-state index in [9.17, 15) is 22.4 Å². The number of imidazole rings is 1. The van der Waals surface area contributed by atoms with Crippen molar-refractivity contribution in [2.45, 2.75) is 31.4 Å². The molecule has 2 N–H and O–H groups in total. The molecule has 1 aromatic heterocycles. The molecular formula is C19H23F4N5O2. The Hall–Kier alpha value is -2.40. The summed E-state index contributed by atoms with van der Waals surface area (Å²) in [5.74, 6) is 0.150. The first-order valence-corrected chi connectivity index (χ1v) is 9.81. The lowest BCUT2D eigenvalue weighted by Gasteiger charge is -2.34. The summed E-state index contributed by atoms with van der Waals surface area (Å²) in [5.41, 5.74) is 5.59. The van der Waals surface area contributed by atoms with Crippen LogP contribution in [0.15, 0.2) is 18.2 Å². The fourth-order valence-corrected chi connectivity index (χ4v) is 3.87. The van der Waals surface area contributed by atoms with Crippen molar-refractivity contribution < 1.29 is 27.1 Å². The Morgan fingerprint density at radius 2 is 1.97 bits per heavy atom. The molecule has 1 aromatic carbocycles. The number of nitrogens with two attached hydrogens (primary N) is 1. The molecule has 0 bridgehead atoms. The van der Waals surface area contributed by atoms with E-state index in [4.69, 9.17) is 10.5 Å². The highest BCUT2D eigenvalue weighted by atomic mass is 19.4. The van der Waals surface area contributed by atoms with E-state index in [2.05, 4.69) is 4.98 Å². The molecule has 3 heterocycles. The van der Waals surface area contributed by atoms with Gasteiger partial charge in [-0.15, -0.1) is 0 Å². The van der Waals surface area contributed by atoms with Gasteiger partial charge in [-0.1, -0.05) is 0 Å². The molecule has 2 aliphatic rings. The highest BCUT2D eigenvalue weighted by Crippen LogP contribution is 2.33. The number of nitrogens with zero attached hydrogens (tertiary/aromatic N) is 4. The number of carbonyl (C=O) groups is 1. The first kappa shape index (κ1) is 20.9. The van der Waals surface area contributed by atoms with Crippen LogP contribution in [-0.4, -0.2) is 72.0 Å². The van der Waals surface area contributed by atoms with E-state index in [-0.39, 0.29) is 30.9 Å². The molecule has 0 spiro atoms. The number of carbonyl (C=O) groups excluding carboxylic acids is 1. The van der Waals surface area contributed by atoms with Crippen LogP contribution in [0.4, 0.5) is 23.5 Å². The van der Waals surface area contributed by atoms with Crippen molar-refractivity contribution >= 4 is 22.9 Å². The summed E-state index contributed by atoms with van der Waals surface area (Å²) in [6.45, 7) is 2.20. The van der Waals surface area contributed by atoms with Gasteiger partial charge in [0.15, 0.2) is 0 Å². The number of halogens is 4. The lowest BCUT2D eigenvalue weighted by atomic mass is 10.1. The molecule has 1 amide bonds. The SMILES string of the molecule is N[C@@H]1CN(c2nc3cc(C(F)(F)F)ccc3n2CC(=O)N2CCOCC2)CC[C@@H]1F. The zero-order valence-corrected chi connectivity index (χ0v) is 16.2. The van der Waals surface area contributed by atoms with Gasteiger partial charge < -0.3 is 24.8 Å². The molecule has 11 heteroatoms. The number of morpholine rings is 1. The maximum Gasteiger partial charge on any atom is 0.416 e. The van der Waals surface area contributed by atoms with Gasteiger partial charge in [0, 0.05) is 26.2 Å². The number of alkyl halides is 4. The largest absolute Gasteiger partial charge is 0.416 e. The number of hydrogen-bond donors (Lipinski definition) is 1. The summed E-state index contributed by atoms with van der Waals surface area (Å²) in [7, 11) is 0. The Morgan fingerprint density at radius 1 is 1.23 bits per heavy atom. The van der Waals surface area contributed by atoms with Crippen molar-refractivity contribution in [2.75, 3.05) is 44.3 Å². The third-order valence-electron chi connectivity index (χ3n) is 5.57. The van der Waals surface area contributed by atoms with Gasteiger partial charge in [-0.3, -0.25) is 4.79 Å². The fourth-order valence-electron chi connectivity index (χ4n) is 3.87. The second-order valence-corrected chi connectivity index (χ2v) is 7.61. The molecule has 0 unspecified atom stereocenters. The zero-order chi connectivity index (χ0) is 21.5. The van der Waals surface area contributed by atoms with Gasteiger partial charge >= 0.3 is 6.18 Å².